The van der Waals surface area contributed by atoms with E-state index in [0.717, 1.165) is 25.3 Å². The highest BCUT2D eigenvalue weighted by Crippen LogP contribution is 2.37. The molecule has 5 heteroatoms. The zero-order valence-corrected chi connectivity index (χ0v) is 15.6. The number of aryl methyl sites for hydroxylation is 2. The summed E-state index contributed by atoms with van der Waals surface area (Å²) in [6, 6.07) is 6.83. The van der Waals surface area contributed by atoms with Gasteiger partial charge in [0.15, 0.2) is 0 Å². The Morgan fingerprint density at radius 3 is 2.74 bits per heavy atom. The number of hydrogen-bond donors (Lipinski definition) is 1. The minimum absolute atomic E-state index is 0. The van der Waals surface area contributed by atoms with Gasteiger partial charge >= 0.3 is 0 Å². The van der Waals surface area contributed by atoms with E-state index in [4.69, 9.17) is 5.73 Å². The number of carbonyl (C=O) groups excluding carboxylic acids is 1. The van der Waals surface area contributed by atoms with Crippen molar-refractivity contribution in [1.29, 1.82) is 0 Å². The van der Waals surface area contributed by atoms with E-state index in [9.17, 15) is 4.79 Å². The Kier molecular flexibility index (Phi) is 6.40. The number of rotatable bonds is 4. The first-order valence-electron chi connectivity index (χ1n) is 8.28. The van der Waals surface area contributed by atoms with Crippen LogP contribution in [-0.4, -0.2) is 35.7 Å². The van der Waals surface area contributed by atoms with Gasteiger partial charge in [0.25, 0.3) is 0 Å². The maximum absolute atomic E-state index is 12.4. The van der Waals surface area contributed by atoms with Crippen LogP contribution in [0.2, 0.25) is 0 Å². The molecule has 128 valence electrons. The zero-order chi connectivity index (χ0) is 15.7. The molecule has 1 aromatic rings. The van der Waals surface area contributed by atoms with Gasteiger partial charge in [-0.15, -0.1) is 24.2 Å². The van der Waals surface area contributed by atoms with E-state index in [1.807, 2.05) is 0 Å². The third kappa shape index (κ3) is 4.23. The number of thioether (sulfide) groups is 1. The first kappa shape index (κ1) is 18.6. The van der Waals surface area contributed by atoms with Crippen molar-refractivity contribution in [3.05, 3.63) is 29.3 Å². The van der Waals surface area contributed by atoms with Crippen LogP contribution < -0.4 is 5.73 Å². The molecule has 2 aliphatic rings. The fraction of sp³-hybridized carbons (Fsp3) is 0.611. The fourth-order valence-electron chi connectivity index (χ4n) is 3.73. The summed E-state index contributed by atoms with van der Waals surface area (Å²) in [5.74, 6) is 2.37. The van der Waals surface area contributed by atoms with Crippen LogP contribution in [-0.2, 0) is 4.79 Å². The molecule has 2 fully saturated rings. The lowest BCUT2D eigenvalue weighted by Crippen LogP contribution is -2.33. The van der Waals surface area contributed by atoms with Crippen LogP contribution in [0.1, 0.15) is 30.4 Å². The molecule has 1 amide bonds. The van der Waals surface area contributed by atoms with Crippen molar-refractivity contribution >= 4 is 30.1 Å². The van der Waals surface area contributed by atoms with Crippen molar-refractivity contribution < 1.29 is 4.79 Å². The number of hydrogen-bond acceptors (Lipinski definition) is 3. The van der Waals surface area contributed by atoms with Crippen molar-refractivity contribution in [2.24, 2.45) is 17.6 Å². The van der Waals surface area contributed by atoms with Gasteiger partial charge in [0.2, 0.25) is 5.91 Å². The van der Waals surface area contributed by atoms with Gasteiger partial charge in [-0.1, -0.05) is 6.07 Å². The third-order valence-corrected chi connectivity index (χ3v) is 6.32. The number of likely N-dealkylation sites (tertiary alicyclic amines) is 1. The van der Waals surface area contributed by atoms with Crippen LogP contribution in [0.15, 0.2) is 23.1 Å². The normalized spacial score (nSPS) is 26.0. The second-order valence-electron chi connectivity index (χ2n) is 6.81. The molecule has 0 radical (unpaired) electrons. The molecule has 1 saturated heterocycles. The summed E-state index contributed by atoms with van der Waals surface area (Å²) in [5.41, 5.74) is 8.78. The van der Waals surface area contributed by atoms with Crippen molar-refractivity contribution in [3.8, 4) is 0 Å². The number of carbonyl (C=O) groups is 1. The molecule has 0 aromatic heterocycles. The fourth-order valence-corrected chi connectivity index (χ4v) is 4.67. The van der Waals surface area contributed by atoms with E-state index in [0.29, 0.717) is 30.2 Å². The summed E-state index contributed by atoms with van der Waals surface area (Å²) in [6.07, 6.45) is 2.97. The van der Waals surface area contributed by atoms with Gasteiger partial charge in [0.1, 0.15) is 0 Å². The number of nitrogens with two attached hydrogens (primary N) is 1. The van der Waals surface area contributed by atoms with Crippen LogP contribution >= 0.6 is 24.2 Å². The highest BCUT2D eigenvalue weighted by Gasteiger charge is 2.42. The molecule has 3 atom stereocenters. The average Bonchev–Trinajstić information content (AvgIpc) is 3.05. The van der Waals surface area contributed by atoms with E-state index >= 15 is 0 Å². The summed E-state index contributed by atoms with van der Waals surface area (Å²) < 4.78 is 0. The van der Waals surface area contributed by atoms with Gasteiger partial charge in [0.05, 0.1) is 0 Å². The highest BCUT2D eigenvalue weighted by atomic mass is 35.5. The zero-order valence-electron chi connectivity index (χ0n) is 14.0. The molecular formula is C18H27ClN2OS. The Labute approximate surface area is 149 Å². The maximum atomic E-state index is 12.4. The van der Waals surface area contributed by atoms with Crippen molar-refractivity contribution in [3.63, 3.8) is 0 Å². The molecule has 0 bridgehead atoms. The Morgan fingerprint density at radius 1 is 1.26 bits per heavy atom. The minimum Gasteiger partial charge on any atom is -0.342 e. The summed E-state index contributed by atoms with van der Waals surface area (Å²) in [7, 11) is 0. The number of amides is 1. The maximum Gasteiger partial charge on any atom is 0.223 e. The lowest BCUT2D eigenvalue weighted by Gasteiger charge is -2.18. The van der Waals surface area contributed by atoms with E-state index in [1.54, 1.807) is 11.8 Å². The number of nitrogens with zero attached hydrogens (tertiary/aromatic N) is 1. The quantitative estimate of drug-likeness (QED) is 0.843. The van der Waals surface area contributed by atoms with Crippen LogP contribution in [0.3, 0.4) is 0 Å². The minimum atomic E-state index is 0. The van der Waals surface area contributed by atoms with Gasteiger partial charge in [-0.25, -0.2) is 0 Å². The van der Waals surface area contributed by atoms with Gasteiger partial charge in [0, 0.05) is 36.2 Å². The first-order valence-corrected chi connectivity index (χ1v) is 9.26. The molecule has 3 rings (SSSR count). The second-order valence-corrected chi connectivity index (χ2v) is 7.98. The largest absolute Gasteiger partial charge is 0.342 e. The first-order chi connectivity index (χ1) is 10.5. The standard InChI is InChI=1S/C18H26N2OS.ClH/c1-12-3-5-15(9-13(12)2)22-8-7-18(21)20-10-14-4-6-17(19)16(14)11-20;/h3,5,9,14,16-17H,4,6-8,10-11,19H2,1-2H3;1H. The van der Waals surface area contributed by atoms with Crippen LogP contribution in [0.5, 0.6) is 0 Å². The molecule has 23 heavy (non-hydrogen) atoms. The van der Waals surface area contributed by atoms with Crippen molar-refractivity contribution in [2.75, 3.05) is 18.8 Å². The summed E-state index contributed by atoms with van der Waals surface area (Å²) >= 11 is 1.78. The lowest BCUT2D eigenvalue weighted by molar-refractivity contribution is -0.130. The number of fused-ring (bicyclic) bond motifs is 1. The molecule has 1 saturated carbocycles. The Bertz CT molecular complexity index is 566. The molecule has 3 unspecified atom stereocenters. The number of halogens is 1. The highest BCUT2D eigenvalue weighted by molar-refractivity contribution is 7.99. The van der Waals surface area contributed by atoms with Crippen molar-refractivity contribution in [1.82, 2.24) is 4.90 Å². The predicted octanol–water partition coefficient (Wildman–Crippen LogP) is 3.40. The Hall–Kier alpha value is -0.710. The van der Waals surface area contributed by atoms with E-state index in [-0.39, 0.29) is 12.4 Å². The van der Waals surface area contributed by atoms with E-state index < -0.39 is 0 Å². The van der Waals surface area contributed by atoms with Gasteiger partial charge in [-0.3, -0.25) is 4.79 Å². The van der Waals surface area contributed by atoms with Gasteiger partial charge < -0.3 is 10.6 Å². The third-order valence-electron chi connectivity index (χ3n) is 5.33. The summed E-state index contributed by atoms with van der Waals surface area (Å²) in [4.78, 5) is 15.7. The average molecular weight is 355 g/mol. The lowest BCUT2D eigenvalue weighted by atomic mass is 9.98. The monoisotopic (exact) mass is 354 g/mol. The summed E-state index contributed by atoms with van der Waals surface area (Å²) in [6.45, 7) is 6.09. The summed E-state index contributed by atoms with van der Waals surface area (Å²) in [5, 5.41) is 0. The van der Waals surface area contributed by atoms with E-state index in [2.05, 4.69) is 36.9 Å². The second kappa shape index (κ2) is 7.91. The molecule has 3 nitrogen and oxygen atoms in total. The van der Waals surface area contributed by atoms with Crippen LogP contribution in [0, 0.1) is 25.7 Å². The molecule has 1 aliphatic heterocycles. The molecule has 0 spiro atoms. The van der Waals surface area contributed by atoms with Crippen molar-refractivity contribution in [2.45, 2.75) is 44.0 Å². The smallest absolute Gasteiger partial charge is 0.223 e. The molecular weight excluding hydrogens is 328 g/mol. The van der Waals surface area contributed by atoms with Gasteiger partial charge in [-0.2, -0.15) is 0 Å². The molecule has 1 aliphatic carbocycles. The van der Waals surface area contributed by atoms with E-state index in [1.165, 1.54) is 22.4 Å². The van der Waals surface area contributed by atoms with Gasteiger partial charge in [-0.05, 0) is 61.8 Å². The number of benzene rings is 1. The Morgan fingerprint density at radius 2 is 2.04 bits per heavy atom. The van der Waals surface area contributed by atoms with Crippen LogP contribution in [0.25, 0.3) is 0 Å². The van der Waals surface area contributed by atoms with Crippen LogP contribution in [0.4, 0.5) is 0 Å². The Balaban J connectivity index is 0.00000192. The molecule has 1 aromatic carbocycles. The topological polar surface area (TPSA) is 46.3 Å². The predicted molar refractivity (Wildman–Crippen MR) is 99.3 cm³/mol. The molecule has 1 heterocycles. The SMILES string of the molecule is Cc1ccc(SCCC(=O)N2CC3CCC(N)C3C2)cc1C.Cl. The molecule has 2 N–H and O–H groups in total.